The molecule has 0 amide bonds. The van der Waals surface area contributed by atoms with E-state index < -0.39 is 9.84 Å². The third-order valence-corrected chi connectivity index (χ3v) is 6.90. The molecular weight excluding hydrogens is 440 g/mol. The normalized spacial score (nSPS) is 11.9. The lowest BCUT2D eigenvalue weighted by Crippen LogP contribution is -2.01. The Kier molecular flexibility index (Phi) is 4.30. The Morgan fingerprint density at radius 1 is 0.636 bits per heavy atom. The van der Waals surface area contributed by atoms with Crippen LogP contribution in [0.3, 0.4) is 0 Å². The van der Waals surface area contributed by atoms with Crippen LogP contribution in [0.2, 0.25) is 0 Å². The van der Waals surface area contributed by atoms with Crippen molar-refractivity contribution in [3.05, 3.63) is 85.5 Å². The number of aromatic nitrogens is 4. The van der Waals surface area contributed by atoms with Gasteiger partial charge < -0.3 is 8.83 Å². The Hall–Kier alpha value is -4.37. The van der Waals surface area contributed by atoms with Gasteiger partial charge in [-0.3, -0.25) is 9.97 Å². The maximum Gasteiger partial charge on any atom is 0.228 e. The molecule has 0 radical (unpaired) electrons. The lowest BCUT2D eigenvalue weighted by Gasteiger charge is -2.04. The summed E-state index contributed by atoms with van der Waals surface area (Å²) in [5, 5.41) is 0. The third-order valence-electron chi connectivity index (χ3n) is 5.16. The van der Waals surface area contributed by atoms with Crippen molar-refractivity contribution in [2.75, 3.05) is 0 Å². The Bertz CT molecular complexity index is 1600. The first kappa shape index (κ1) is 19.3. The summed E-state index contributed by atoms with van der Waals surface area (Å²) in [5.41, 5.74) is 3.27. The highest BCUT2D eigenvalue weighted by Crippen LogP contribution is 2.30. The summed E-state index contributed by atoms with van der Waals surface area (Å²) in [6.07, 6.45) is 6.58. The number of benzene rings is 2. The third kappa shape index (κ3) is 3.35. The molecule has 0 aliphatic carbocycles. The number of rotatable bonds is 4. The van der Waals surface area contributed by atoms with Crippen LogP contribution in [0.1, 0.15) is 0 Å². The molecule has 0 atom stereocenters. The molecule has 8 nitrogen and oxygen atoms in total. The van der Waals surface area contributed by atoms with E-state index in [4.69, 9.17) is 8.83 Å². The minimum Gasteiger partial charge on any atom is -0.436 e. The van der Waals surface area contributed by atoms with Crippen LogP contribution in [0.15, 0.2) is 104 Å². The van der Waals surface area contributed by atoms with Crippen molar-refractivity contribution in [1.82, 2.24) is 19.9 Å². The molecule has 0 saturated carbocycles. The van der Waals surface area contributed by atoms with Crippen molar-refractivity contribution in [3.63, 3.8) is 0 Å². The predicted molar refractivity (Wildman–Crippen MR) is 120 cm³/mol. The van der Waals surface area contributed by atoms with Crippen LogP contribution in [0.25, 0.3) is 45.1 Å². The zero-order valence-electron chi connectivity index (χ0n) is 16.9. The van der Waals surface area contributed by atoms with E-state index >= 15 is 0 Å². The van der Waals surface area contributed by atoms with E-state index in [0.29, 0.717) is 45.1 Å². The molecule has 0 fully saturated rings. The Morgan fingerprint density at radius 2 is 1.12 bits per heavy atom. The minimum atomic E-state index is -3.82. The fourth-order valence-electron chi connectivity index (χ4n) is 3.51. The highest BCUT2D eigenvalue weighted by molar-refractivity contribution is 7.91. The van der Waals surface area contributed by atoms with Crippen molar-refractivity contribution >= 4 is 32.0 Å². The molecule has 160 valence electrons. The molecule has 4 heterocycles. The summed E-state index contributed by atoms with van der Waals surface area (Å²) in [4.78, 5) is 17.2. The molecule has 0 aliphatic rings. The van der Waals surface area contributed by atoms with Crippen LogP contribution in [0.5, 0.6) is 0 Å². The Labute approximate surface area is 187 Å². The maximum atomic E-state index is 13.3. The van der Waals surface area contributed by atoms with Crippen molar-refractivity contribution in [2.24, 2.45) is 0 Å². The fourth-order valence-corrected chi connectivity index (χ4v) is 4.81. The minimum absolute atomic E-state index is 0.108. The number of pyridine rings is 2. The standard InChI is InChI=1S/C24H14N4O4S/c29-33(30,17-5-7-21-19(11-17)27-23(31-21)15-3-1-9-25-13-15)18-6-8-22-20(12-18)28-24(32-22)16-4-2-10-26-14-16/h1-14H. The summed E-state index contributed by atoms with van der Waals surface area (Å²) in [6.45, 7) is 0. The summed E-state index contributed by atoms with van der Waals surface area (Å²) < 4.78 is 38.2. The van der Waals surface area contributed by atoms with Crippen molar-refractivity contribution in [2.45, 2.75) is 9.79 Å². The second kappa shape index (κ2) is 7.35. The number of oxazole rings is 2. The van der Waals surface area contributed by atoms with Gasteiger partial charge in [0.1, 0.15) is 11.0 Å². The number of hydrogen-bond acceptors (Lipinski definition) is 8. The van der Waals surface area contributed by atoms with E-state index in [1.165, 1.54) is 24.3 Å². The number of nitrogens with zero attached hydrogens (tertiary/aromatic N) is 4. The summed E-state index contributed by atoms with van der Waals surface area (Å²) in [6, 6.07) is 16.4. The van der Waals surface area contributed by atoms with Gasteiger partial charge in [-0.25, -0.2) is 18.4 Å². The van der Waals surface area contributed by atoms with Crippen LogP contribution >= 0.6 is 0 Å². The van der Waals surface area contributed by atoms with Gasteiger partial charge in [0.05, 0.1) is 20.9 Å². The van der Waals surface area contributed by atoms with Gasteiger partial charge in [-0.1, -0.05) is 0 Å². The molecular formula is C24H14N4O4S. The van der Waals surface area contributed by atoms with E-state index in [9.17, 15) is 8.42 Å². The Morgan fingerprint density at radius 3 is 1.55 bits per heavy atom. The first-order chi connectivity index (χ1) is 16.1. The molecule has 2 aromatic carbocycles. The molecule has 0 saturated heterocycles. The zero-order valence-corrected chi connectivity index (χ0v) is 17.7. The maximum absolute atomic E-state index is 13.3. The molecule has 0 bridgehead atoms. The smallest absolute Gasteiger partial charge is 0.228 e. The summed E-state index contributed by atoms with van der Waals surface area (Å²) >= 11 is 0. The van der Waals surface area contributed by atoms with Crippen molar-refractivity contribution < 1.29 is 17.3 Å². The predicted octanol–water partition coefficient (Wildman–Crippen LogP) is 4.93. The number of hydrogen-bond donors (Lipinski definition) is 0. The lowest BCUT2D eigenvalue weighted by atomic mass is 10.3. The van der Waals surface area contributed by atoms with Gasteiger partial charge in [0, 0.05) is 24.8 Å². The molecule has 0 unspecified atom stereocenters. The van der Waals surface area contributed by atoms with Crippen LogP contribution in [-0.2, 0) is 9.84 Å². The molecule has 33 heavy (non-hydrogen) atoms. The number of fused-ring (bicyclic) bond motifs is 2. The Balaban J connectivity index is 1.40. The molecule has 0 N–H and O–H groups in total. The summed E-state index contributed by atoms with van der Waals surface area (Å²) in [5.74, 6) is 0.749. The van der Waals surface area contributed by atoms with E-state index in [2.05, 4.69) is 19.9 Å². The van der Waals surface area contributed by atoms with Gasteiger partial charge in [-0.15, -0.1) is 0 Å². The van der Waals surface area contributed by atoms with E-state index in [-0.39, 0.29) is 9.79 Å². The van der Waals surface area contributed by atoms with Crippen molar-refractivity contribution in [3.8, 4) is 22.9 Å². The topological polar surface area (TPSA) is 112 Å². The van der Waals surface area contributed by atoms with E-state index in [0.717, 1.165) is 0 Å². The number of sulfone groups is 1. The van der Waals surface area contributed by atoms with E-state index in [1.807, 2.05) is 12.1 Å². The van der Waals surface area contributed by atoms with Gasteiger partial charge >= 0.3 is 0 Å². The van der Waals surface area contributed by atoms with Crippen LogP contribution in [-0.4, -0.2) is 28.4 Å². The molecule has 0 spiro atoms. The average molecular weight is 454 g/mol. The summed E-state index contributed by atoms with van der Waals surface area (Å²) in [7, 11) is -3.82. The monoisotopic (exact) mass is 454 g/mol. The lowest BCUT2D eigenvalue weighted by molar-refractivity contribution is 0.596. The molecule has 9 heteroatoms. The highest BCUT2D eigenvalue weighted by atomic mass is 32.2. The average Bonchev–Trinajstić information content (AvgIpc) is 3.48. The van der Waals surface area contributed by atoms with Crippen LogP contribution < -0.4 is 0 Å². The van der Waals surface area contributed by atoms with Crippen molar-refractivity contribution in [1.29, 1.82) is 0 Å². The zero-order chi connectivity index (χ0) is 22.4. The first-order valence-corrected chi connectivity index (χ1v) is 11.4. The van der Waals surface area contributed by atoms with E-state index in [1.54, 1.807) is 49.1 Å². The van der Waals surface area contributed by atoms with Crippen LogP contribution in [0.4, 0.5) is 0 Å². The first-order valence-electron chi connectivity index (χ1n) is 9.95. The van der Waals surface area contributed by atoms with Gasteiger partial charge in [0.15, 0.2) is 11.2 Å². The van der Waals surface area contributed by atoms with Gasteiger partial charge in [-0.05, 0) is 60.7 Å². The van der Waals surface area contributed by atoms with Gasteiger partial charge in [0.2, 0.25) is 21.6 Å². The second-order valence-corrected chi connectivity index (χ2v) is 9.23. The SMILES string of the molecule is O=S(=O)(c1ccc2oc(-c3cccnc3)nc2c1)c1ccc2oc(-c3cccnc3)nc2c1. The largest absolute Gasteiger partial charge is 0.436 e. The highest BCUT2D eigenvalue weighted by Gasteiger charge is 2.21. The second-order valence-electron chi connectivity index (χ2n) is 7.28. The van der Waals surface area contributed by atoms with Crippen LogP contribution in [0, 0.1) is 0 Å². The fraction of sp³-hybridized carbons (Fsp3) is 0. The molecule has 4 aromatic heterocycles. The van der Waals surface area contributed by atoms with Gasteiger partial charge in [0.25, 0.3) is 0 Å². The molecule has 6 rings (SSSR count). The molecule has 6 aromatic rings. The van der Waals surface area contributed by atoms with Gasteiger partial charge in [-0.2, -0.15) is 0 Å². The molecule has 0 aliphatic heterocycles. The quantitative estimate of drug-likeness (QED) is 0.369.